The van der Waals surface area contributed by atoms with Crippen LogP contribution in [0.25, 0.3) is 0 Å². The molecule has 0 aliphatic carbocycles. The summed E-state index contributed by atoms with van der Waals surface area (Å²) in [7, 11) is 1.44. The van der Waals surface area contributed by atoms with Gasteiger partial charge in [-0.05, 0) is 37.5 Å². The number of nitrogens with one attached hydrogen (secondary N) is 1. The maximum Gasteiger partial charge on any atom is 0.253 e. The van der Waals surface area contributed by atoms with Gasteiger partial charge in [0.2, 0.25) is 5.91 Å². The zero-order valence-corrected chi connectivity index (χ0v) is 16.1. The largest absolute Gasteiger partial charge is 0.508 e. The van der Waals surface area contributed by atoms with Gasteiger partial charge < -0.3 is 25.2 Å². The summed E-state index contributed by atoms with van der Waals surface area (Å²) in [6.45, 7) is 1.04. The highest BCUT2D eigenvalue weighted by Gasteiger charge is 2.25. The molecule has 1 fully saturated rings. The first-order chi connectivity index (χ1) is 12.4. The van der Waals surface area contributed by atoms with Crippen molar-refractivity contribution in [3.8, 4) is 5.75 Å². The molecule has 7 nitrogen and oxygen atoms in total. The van der Waals surface area contributed by atoms with Crippen molar-refractivity contribution in [3.63, 3.8) is 0 Å². The summed E-state index contributed by atoms with van der Waals surface area (Å²) >= 11 is 11.1. The van der Waals surface area contributed by atoms with Crippen LogP contribution >= 0.6 is 23.2 Å². The summed E-state index contributed by atoms with van der Waals surface area (Å²) in [5.74, 6) is -0.465. The molecule has 1 saturated heterocycles. The lowest BCUT2D eigenvalue weighted by molar-refractivity contribution is -0.143. The summed E-state index contributed by atoms with van der Waals surface area (Å²) in [6.07, 6.45) is 2.53. The third kappa shape index (κ3) is 7.78. The van der Waals surface area contributed by atoms with E-state index in [2.05, 4.69) is 5.32 Å². The van der Waals surface area contributed by atoms with Crippen LogP contribution in [0.3, 0.4) is 0 Å². The van der Waals surface area contributed by atoms with Crippen molar-refractivity contribution in [2.24, 2.45) is 0 Å². The molecule has 1 aliphatic heterocycles. The normalized spacial score (nSPS) is 14.8. The van der Waals surface area contributed by atoms with Gasteiger partial charge >= 0.3 is 0 Å². The number of piperidine rings is 1. The fraction of sp³-hybridized carbons (Fsp3) is 0.529. The zero-order chi connectivity index (χ0) is 19.5. The van der Waals surface area contributed by atoms with Gasteiger partial charge in [-0.25, -0.2) is 0 Å². The van der Waals surface area contributed by atoms with Crippen molar-refractivity contribution >= 4 is 35.0 Å². The molecule has 0 aromatic heterocycles. The number of carbonyl (C=O) groups is 2. The molecule has 2 rings (SSSR count). The number of methoxy groups -OCH3 is 1. The Labute approximate surface area is 162 Å². The van der Waals surface area contributed by atoms with Crippen LogP contribution in [0.15, 0.2) is 18.2 Å². The summed E-state index contributed by atoms with van der Waals surface area (Å²) in [4.78, 5) is 24.7. The molecule has 26 heavy (non-hydrogen) atoms. The van der Waals surface area contributed by atoms with Gasteiger partial charge in [0.05, 0.1) is 16.6 Å². The molecule has 0 radical (unpaired) electrons. The van der Waals surface area contributed by atoms with Gasteiger partial charge in [-0.2, -0.15) is 0 Å². The van der Waals surface area contributed by atoms with Gasteiger partial charge in [0.15, 0.2) is 6.10 Å². The van der Waals surface area contributed by atoms with Gasteiger partial charge in [-0.1, -0.05) is 23.2 Å². The van der Waals surface area contributed by atoms with Crippen LogP contribution in [0.4, 0.5) is 0 Å². The third-order valence-corrected chi connectivity index (χ3v) is 4.50. The van der Waals surface area contributed by atoms with E-state index in [0.717, 1.165) is 32.4 Å². The second kappa shape index (κ2) is 12.0. The molecule has 0 spiro atoms. The average molecular weight is 407 g/mol. The van der Waals surface area contributed by atoms with Crippen molar-refractivity contribution in [2.45, 2.75) is 25.4 Å². The number of likely N-dealkylation sites (tertiary alicyclic amines) is 1. The van der Waals surface area contributed by atoms with Crippen LogP contribution in [0.1, 0.15) is 19.3 Å². The first-order valence-corrected chi connectivity index (χ1v) is 8.97. The molecule has 1 aromatic rings. The molecular formula is C17H24Cl2N2O5. The second-order valence-electron chi connectivity index (χ2n) is 5.67. The predicted octanol–water partition coefficient (Wildman–Crippen LogP) is 1.82. The van der Waals surface area contributed by atoms with Crippen molar-refractivity contribution in [1.29, 1.82) is 0 Å². The maximum atomic E-state index is 12.0. The maximum absolute atomic E-state index is 12.0. The molecule has 1 aromatic carbocycles. The van der Waals surface area contributed by atoms with Crippen LogP contribution in [0.5, 0.6) is 5.75 Å². The van der Waals surface area contributed by atoms with Crippen molar-refractivity contribution < 1.29 is 24.5 Å². The molecule has 9 heteroatoms. The zero-order valence-electron chi connectivity index (χ0n) is 14.6. The molecule has 1 aliphatic rings. The summed E-state index contributed by atoms with van der Waals surface area (Å²) in [6, 6.07) is 4.41. The first kappa shape index (κ1) is 22.5. The van der Waals surface area contributed by atoms with Crippen molar-refractivity contribution in [3.05, 3.63) is 28.2 Å². The van der Waals surface area contributed by atoms with E-state index in [-0.39, 0.29) is 18.2 Å². The Hall–Kier alpha value is -1.54. The Bertz CT molecular complexity index is 595. The number of carbonyl (C=O) groups excluding carboxylic acids is 2. The first-order valence-electron chi connectivity index (χ1n) is 8.22. The molecule has 1 unspecified atom stereocenters. The highest BCUT2D eigenvalue weighted by atomic mass is 35.5. The minimum atomic E-state index is -0.663. The summed E-state index contributed by atoms with van der Waals surface area (Å²) in [5.41, 5.74) is 0. The molecule has 2 amide bonds. The van der Waals surface area contributed by atoms with Crippen LogP contribution in [-0.4, -0.2) is 66.4 Å². The number of phenolic OH excluding ortho intramolecular Hbond substituents is 1. The van der Waals surface area contributed by atoms with Gasteiger partial charge in [0, 0.05) is 20.2 Å². The molecular weight excluding hydrogens is 383 g/mol. The monoisotopic (exact) mass is 406 g/mol. The lowest BCUT2D eigenvalue weighted by atomic mass is 10.1. The molecule has 146 valence electrons. The Morgan fingerprint density at radius 1 is 1.23 bits per heavy atom. The molecule has 1 atom stereocenters. The molecule has 1 heterocycles. The number of aliphatic hydroxyl groups excluding tert-OH is 1. The predicted molar refractivity (Wildman–Crippen MR) is 99.5 cm³/mol. The van der Waals surface area contributed by atoms with Gasteiger partial charge in [0.1, 0.15) is 12.4 Å². The number of rotatable bonds is 5. The van der Waals surface area contributed by atoms with E-state index in [9.17, 15) is 9.59 Å². The molecule has 3 N–H and O–H groups in total. The van der Waals surface area contributed by atoms with Crippen LogP contribution in [0, 0.1) is 0 Å². The second-order valence-corrected chi connectivity index (χ2v) is 6.49. The third-order valence-electron chi connectivity index (χ3n) is 3.76. The minimum absolute atomic E-state index is 0.0922. The quantitative estimate of drug-likeness (QED) is 0.692. The Morgan fingerprint density at radius 2 is 1.88 bits per heavy atom. The Morgan fingerprint density at radius 3 is 2.38 bits per heavy atom. The Kier molecular flexibility index (Phi) is 10.3. The van der Waals surface area contributed by atoms with E-state index >= 15 is 0 Å². The molecule has 0 bridgehead atoms. The van der Waals surface area contributed by atoms with E-state index in [4.69, 9.17) is 38.2 Å². The lowest BCUT2D eigenvalue weighted by Gasteiger charge is -2.29. The highest BCUT2D eigenvalue weighted by molar-refractivity contribution is 6.42. The lowest BCUT2D eigenvalue weighted by Crippen LogP contribution is -2.47. The average Bonchev–Trinajstić information content (AvgIpc) is 2.66. The topological polar surface area (TPSA) is 99.1 Å². The van der Waals surface area contributed by atoms with Crippen molar-refractivity contribution in [1.82, 2.24) is 10.2 Å². The van der Waals surface area contributed by atoms with E-state index in [1.54, 1.807) is 11.0 Å². The van der Waals surface area contributed by atoms with Crippen LogP contribution in [0.2, 0.25) is 10.0 Å². The standard InChI is InChI=1S/C11H20N2O4.C6H4Cl2O/c1-17-9(7-12-10(15)8-14)11(16)13-5-3-2-4-6-13;7-5-2-1-4(9)3-6(5)8/h9,14H,2-8H2,1H3,(H,12,15);1-3,9H. The van der Waals surface area contributed by atoms with Crippen LogP contribution in [-0.2, 0) is 14.3 Å². The van der Waals surface area contributed by atoms with Gasteiger partial charge in [-0.15, -0.1) is 0 Å². The van der Waals surface area contributed by atoms with E-state index in [1.807, 2.05) is 0 Å². The number of hydrogen-bond donors (Lipinski definition) is 3. The number of benzene rings is 1. The number of halogens is 2. The van der Waals surface area contributed by atoms with E-state index < -0.39 is 18.6 Å². The molecule has 0 saturated carbocycles. The fourth-order valence-corrected chi connectivity index (χ4v) is 2.63. The highest BCUT2D eigenvalue weighted by Crippen LogP contribution is 2.25. The number of aromatic hydroxyl groups is 1. The number of aliphatic hydroxyl groups is 1. The number of hydrogen-bond acceptors (Lipinski definition) is 5. The number of phenols is 1. The van der Waals surface area contributed by atoms with E-state index in [1.165, 1.54) is 19.2 Å². The van der Waals surface area contributed by atoms with Crippen molar-refractivity contribution in [2.75, 3.05) is 33.4 Å². The minimum Gasteiger partial charge on any atom is -0.508 e. The fourth-order valence-electron chi connectivity index (χ4n) is 2.34. The number of amides is 2. The Balaban J connectivity index is 0.000000314. The van der Waals surface area contributed by atoms with Crippen LogP contribution < -0.4 is 5.32 Å². The summed E-state index contributed by atoms with van der Waals surface area (Å²) < 4.78 is 5.07. The summed E-state index contributed by atoms with van der Waals surface area (Å²) in [5, 5.41) is 20.6. The number of nitrogens with zero attached hydrogens (tertiary/aromatic N) is 1. The van der Waals surface area contributed by atoms with Gasteiger partial charge in [0.25, 0.3) is 5.91 Å². The van der Waals surface area contributed by atoms with Gasteiger partial charge in [-0.3, -0.25) is 9.59 Å². The smallest absolute Gasteiger partial charge is 0.253 e. The number of ether oxygens (including phenoxy) is 1. The SMILES string of the molecule is COC(CNC(=O)CO)C(=O)N1CCCCC1.Oc1ccc(Cl)c(Cl)c1. The van der Waals surface area contributed by atoms with E-state index in [0.29, 0.717) is 10.0 Å².